The van der Waals surface area contributed by atoms with Crippen LogP contribution in [0.1, 0.15) is 18.1 Å². The minimum absolute atomic E-state index is 0.117. The van der Waals surface area contributed by atoms with Crippen molar-refractivity contribution in [1.82, 2.24) is 5.32 Å². The summed E-state index contributed by atoms with van der Waals surface area (Å²) in [6.45, 7) is 2.92. The number of nitrogens with one attached hydrogen (secondary N) is 1. The van der Waals surface area contributed by atoms with Gasteiger partial charge in [-0.3, -0.25) is 4.79 Å². The predicted octanol–water partition coefficient (Wildman–Crippen LogP) is 3.09. The molecular formula is C18H20FNO3. The van der Waals surface area contributed by atoms with Crippen LogP contribution in [0.3, 0.4) is 0 Å². The maximum atomic E-state index is 13.6. The average Bonchev–Trinajstić information content (AvgIpc) is 2.54. The van der Waals surface area contributed by atoms with Crippen LogP contribution >= 0.6 is 0 Å². The van der Waals surface area contributed by atoms with Crippen LogP contribution in [-0.4, -0.2) is 19.6 Å². The number of halogens is 1. The largest absolute Gasteiger partial charge is 0.494 e. The summed E-state index contributed by atoms with van der Waals surface area (Å²) >= 11 is 0. The highest BCUT2D eigenvalue weighted by Crippen LogP contribution is 2.18. The zero-order valence-corrected chi connectivity index (χ0v) is 13.3. The molecule has 0 spiro atoms. The summed E-state index contributed by atoms with van der Waals surface area (Å²) in [6.07, 6.45) is 0.117. The van der Waals surface area contributed by atoms with Crippen LogP contribution in [0.2, 0.25) is 0 Å². The van der Waals surface area contributed by atoms with E-state index >= 15 is 0 Å². The molecule has 4 nitrogen and oxygen atoms in total. The molecule has 0 unspecified atom stereocenters. The van der Waals surface area contributed by atoms with E-state index in [0.717, 1.165) is 11.3 Å². The molecule has 0 bridgehead atoms. The van der Waals surface area contributed by atoms with Gasteiger partial charge in [0, 0.05) is 6.54 Å². The zero-order chi connectivity index (χ0) is 16.7. The molecule has 0 aliphatic carbocycles. The highest BCUT2D eigenvalue weighted by Gasteiger charge is 2.08. The van der Waals surface area contributed by atoms with E-state index in [1.807, 2.05) is 31.2 Å². The Balaban J connectivity index is 1.90. The molecule has 2 aromatic rings. The normalized spacial score (nSPS) is 10.2. The second kappa shape index (κ2) is 8.17. The van der Waals surface area contributed by atoms with E-state index in [1.54, 1.807) is 6.07 Å². The van der Waals surface area contributed by atoms with E-state index < -0.39 is 5.82 Å². The lowest BCUT2D eigenvalue weighted by Gasteiger charge is -2.08. The minimum Gasteiger partial charge on any atom is -0.494 e. The molecule has 0 fully saturated rings. The summed E-state index contributed by atoms with van der Waals surface area (Å²) in [5.41, 5.74) is 1.55. The van der Waals surface area contributed by atoms with Gasteiger partial charge in [-0.1, -0.05) is 18.2 Å². The topological polar surface area (TPSA) is 47.6 Å². The molecule has 0 heterocycles. The summed E-state index contributed by atoms with van der Waals surface area (Å²) in [4.78, 5) is 12.0. The number of rotatable bonds is 7. The molecule has 23 heavy (non-hydrogen) atoms. The van der Waals surface area contributed by atoms with E-state index in [1.165, 1.54) is 19.2 Å². The van der Waals surface area contributed by atoms with E-state index in [0.29, 0.717) is 18.7 Å². The smallest absolute Gasteiger partial charge is 0.224 e. The maximum Gasteiger partial charge on any atom is 0.224 e. The average molecular weight is 317 g/mol. The van der Waals surface area contributed by atoms with Gasteiger partial charge in [0.05, 0.1) is 20.1 Å². The molecule has 2 aromatic carbocycles. The van der Waals surface area contributed by atoms with Crippen LogP contribution in [0.15, 0.2) is 42.5 Å². The van der Waals surface area contributed by atoms with E-state index in [-0.39, 0.29) is 18.1 Å². The van der Waals surface area contributed by atoms with Crippen molar-refractivity contribution in [2.75, 3.05) is 13.7 Å². The van der Waals surface area contributed by atoms with Gasteiger partial charge in [-0.2, -0.15) is 0 Å². The van der Waals surface area contributed by atoms with Crippen LogP contribution < -0.4 is 14.8 Å². The van der Waals surface area contributed by atoms with Crippen LogP contribution in [0.25, 0.3) is 0 Å². The van der Waals surface area contributed by atoms with Crippen molar-refractivity contribution in [3.05, 3.63) is 59.4 Å². The van der Waals surface area contributed by atoms with Gasteiger partial charge in [0.15, 0.2) is 11.6 Å². The second-order valence-electron chi connectivity index (χ2n) is 5.00. The first-order valence-electron chi connectivity index (χ1n) is 7.43. The first kappa shape index (κ1) is 16.8. The van der Waals surface area contributed by atoms with Crippen LogP contribution in [-0.2, 0) is 17.8 Å². The first-order chi connectivity index (χ1) is 11.1. The molecule has 0 saturated heterocycles. The monoisotopic (exact) mass is 317 g/mol. The Kier molecular flexibility index (Phi) is 5.97. The van der Waals surface area contributed by atoms with Crippen molar-refractivity contribution in [2.24, 2.45) is 0 Å². The minimum atomic E-state index is -0.470. The quantitative estimate of drug-likeness (QED) is 0.853. The molecule has 0 aliphatic rings. The maximum absolute atomic E-state index is 13.6. The van der Waals surface area contributed by atoms with E-state index in [4.69, 9.17) is 9.47 Å². The van der Waals surface area contributed by atoms with Gasteiger partial charge in [0.1, 0.15) is 5.75 Å². The molecule has 0 saturated carbocycles. The second-order valence-corrected chi connectivity index (χ2v) is 5.00. The number of benzene rings is 2. The number of carbonyl (C=O) groups excluding carboxylic acids is 1. The van der Waals surface area contributed by atoms with Crippen LogP contribution in [0.5, 0.6) is 11.5 Å². The lowest BCUT2D eigenvalue weighted by Crippen LogP contribution is -2.24. The third-order valence-corrected chi connectivity index (χ3v) is 3.28. The van der Waals surface area contributed by atoms with Crippen molar-refractivity contribution in [2.45, 2.75) is 19.9 Å². The zero-order valence-electron chi connectivity index (χ0n) is 13.3. The third kappa shape index (κ3) is 4.98. The fraction of sp³-hybridized carbons (Fsp3) is 0.278. The number of methoxy groups -OCH3 is 1. The van der Waals surface area contributed by atoms with Gasteiger partial charge < -0.3 is 14.8 Å². The Morgan fingerprint density at radius 2 is 2.00 bits per heavy atom. The first-order valence-corrected chi connectivity index (χ1v) is 7.43. The lowest BCUT2D eigenvalue weighted by molar-refractivity contribution is -0.120. The molecular weight excluding hydrogens is 297 g/mol. The summed E-state index contributed by atoms with van der Waals surface area (Å²) in [6, 6.07) is 12.1. The van der Waals surface area contributed by atoms with Crippen molar-refractivity contribution >= 4 is 5.91 Å². The highest BCUT2D eigenvalue weighted by molar-refractivity contribution is 5.78. The number of hydrogen-bond donors (Lipinski definition) is 1. The van der Waals surface area contributed by atoms with E-state index in [2.05, 4.69) is 5.32 Å². The van der Waals surface area contributed by atoms with Gasteiger partial charge in [0.2, 0.25) is 5.91 Å². The predicted molar refractivity (Wildman–Crippen MR) is 86.1 cm³/mol. The Morgan fingerprint density at radius 3 is 2.70 bits per heavy atom. The Morgan fingerprint density at radius 1 is 1.17 bits per heavy atom. The SMILES string of the molecule is CCOc1cccc(CNC(=O)Cc2ccc(OC)c(F)c2)c1. The lowest BCUT2D eigenvalue weighted by atomic mass is 10.1. The van der Waals surface area contributed by atoms with Gasteiger partial charge in [-0.15, -0.1) is 0 Å². The van der Waals surface area contributed by atoms with E-state index in [9.17, 15) is 9.18 Å². The summed E-state index contributed by atoms with van der Waals surface area (Å²) < 4.78 is 23.9. The molecule has 5 heteroatoms. The molecule has 1 amide bonds. The molecule has 0 aliphatic heterocycles. The summed E-state index contributed by atoms with van der Waals surface area (Å²) in [5.74, 6) is 0.303. The van der Waals surface area contributed by atoms with Crippen molar-refractivity contribution in [3.63, 3.8) is 0 Å². The Hall–Kier alpha value is -2.56. The van der Waals surface area contributed by atoms with Crippen LogP contribution in [0.4, 0.5) is 4.39 Å². The van der Waals surface area contributed by atoms with Gasteiger partial charge >= 0.3 is 0 Å². The highest BCUT2D eigenvalue weighted by atomic mass is 19.1. The van der Waals surface area contributed by atoms with Crippen molar-refractivity contribution in [3.8, 4) is 11.5 Å². The fourth-order valence-electron chi connectivity index (χ4n) is 2.18. The number of amides is 1. The molecule has 122 valence electrons. The Bertz CT molecular complexity index is 673. The van der Waals surface area contributed by atoms with Crippen molar-refractivity contribution < 1.29 is 18.7 Å². The van der Waals surface area contributed by atoms with Crippen LogP contribution in [0, 0.1) is 5.82 Å². The molecule has 0 radical (unpaired) electrons. The van der Waals surface area contributed by atoms with Gasteiger partial charge in [0.25, 0.3) is 0 Å². The third-order valence-electron chi connectivity index (χ3n) is 3.28. The fourth-order valence-corrected chi connectivity index (χ4v) is 2.18. The van der Waals surface area contributed by atoms with Gasteiger partial charge in [-0.05, 0) is 42.3 Å². The standard InChI is InChI=1S/C18H20FNO3/c1-3-23-15-6-4-5-14(9-15)12-20-18(21)11-13-7-8-17(22-2)16(19)10-13/h4-10H,3,11-12H2,1-2H3,(H,20,21). The Labute approximate surface area is 135 Å². The summed E-state index contributed by atoms with van der Waals surface area (Å²) in [7, 11) is 1.40. The number of carbonyl (C=O) groups is 1. The number of ether oxygens (including phenoxy) is 2. The van der Waals surface area contributed by atoms with Gasteiger partial charge in [-0.25, -0.2) is 4.39 Å². The molecule has 2 rings (SSSR count). The molecule has 0 aromatic heterocycles. The van der Waals surface area contributed by atoms with Crippen molar-refractivity contribution in [1.29, 1.82) is 0 Å². The number of hydrogen-bond acceptors (Lipinski definition) is 3. The summed E-state index contributed by atoms with van der Waals surface area (Å²) in [5, 5.41) is 2.82. The molecule has 1 N–H and O–H groups in total. The molecule has 0 atom stereocenters.